The number of rotatable bonds is 4. The molecule has 2 N–H and O–H groups in total. The molecule has 1 saturated heterocycles. The van der Waals surface area contributed by atoms with E-state index < -0.39 is 5.41 Å². The van der Waals surface area contributed by atoms with E-state index in [4.69, 9.17) is 10.5 Å². The predicted octanol–water partition coefficient (Wildman–Crippen LogP) is 0.841. The van der Waals surface area contributed by atoms with Gasteiger partial charge in [0.15, 0.2) is 5.78 Å². The van der Waals surface area contributed by atoms with Crippen LogP contribution in [0.15, 0.2) is 12.4 Å². The Bertz CT molecular complexity index is 394. The highest BCUT2D eigenvalue weighted by molar-refractivity contribution is 6.00. The van der Waals surface area contributed by atoms with Crippen LogP contribution < -0.4 is 5.73 Å². The lowest BCUT2D eigenvalue weighted by Gasteiger charge is -2.34. The number of ketones is 1. The highest BCUT2D eigenvalue weighted by Gasteiger charge is 2.39. The first-order chi connectivity index (χ1) is 8.22. The van der Waals surface area contributed by atoms with E-state index in [0.717, 1.165) is 6.54 Å². The van der Waals surface area contributed by atoms with Crippen LogP contribution in [0.4, 0.5) is 0 Å². The van der Waals surface area contributed by atoms with E-state index in [1.54, 1.807) is 17.1 Å². The average Bonchev–Trinajstić information content (AvgIpc) is 2.87. The number of Topliss-reactive ketones (excluding diaryl/α,β-unsaturated/α-hetero) is 1. The number of carbonyl (C=O) groups is 1. The fraction of sp³-hybridized carbons (Fsp3) is 0.667. The Balaban J connectivity index is 2.21. The summed E-state index contributed by atoms with van der Waals surface area (Å²) in [5.74, 6) is 0.114. The van der Waals surface area contributed by atoms with Crippen LogP contribution in [-0.2, 0) is 11.3 Å². The predicted molar refractivity (Wildman–Crippen MR) is 63.8 cm³/mol. The van der Waals surface area contributed by atoms with Crippen molar-refractivity contribution in [3.63, 3.8) is 0 Å². The maximum absolute atomic E-state index is 12.5. The topological polar surface area (TPSA) is 70.1 Å². The summed E-state index contributed by atoms with van der Waals surface area (Å²) in [6, 6.07) is 0. The van der Waals surface area contributed by atoms with E-state index >= 15 is 0 Å². The van der Waals surface area contributed by atoms with Crippen molar-refractivity contribution in [1.82, 2.24) is 9.78 Å². The van der Waals surface area contributed by atoms with Gasteiger partial charge < -0.3 is 10.5 Å². The van der Waals surface area contributed by atoms with E-state index in [-0.39, 0.29) is 5.78 Å². The van der Waals surface area contributed by atoms with Crippen LogP contribution in [0.25, 0.3) is 0 Å². The molecule has 1 aromatic rings. The second-order valence-corrected chi connectivity index (χ2v) is 4.51. The Kier molecular flexibility index (Phi) is 3.59. The molecule has 0 unspecified atom stereocenters. The molecular weight excluding hydrogens is 218 g/mol. The number of nitrogens with zero attached hydrogens (tertiary/aromatic N) is 2. The molecule has 0 atom stereocenters. The molecule has 0 amide bonds. The zero-order valence-electron chi connectivity index (χ0n) is 10.2. The van der Waals surface area contributed by atoms with Crippen molar-refractivity contribution in [2.24, 2.45) is 11.1 Å². The SMILES string of the molecule is CCn1cc(C(=O)C2(CN)CCOCC2)cn1. The zero-order valence-corrected chi connectivity index (χ0v) is 10.2. The normalized spacial score (nSPS) is 19.2. The number of aromatic nitrogens is 2. The first-order valence-corrected chi connectivity index (χ1v) is 6.07. The van der Waals surface area contributed by atoms with E-state index in [9.17, 15) is 4.79 Å². The third-order valence-electron chi connectivity index (χ3n) is 3.54. The van der Waals surface area contributed by atoms with Crippen LogP contribution in [0.2, 0.25) is 0 Å². The minimum Gasteiger partial charge on any atom is -0.381 e. The van der Waals surface area contributed by atoms with Crippen molar-refractivity contribution in [2.75, 3.05) is 19.8 Å². The highest BCUT2D eigenvalue weighted by Crippen LogP contribution is 2.33. The molecule has 5 nitrogen and oxygen atoms in total. The van der Waals surface area contributed by atoms with Gasteiger partial charge in [-0.2, -0.15) is 5.10 Å². The standard InChI is InChI=1S/C12H19N3O2/c1-2-15-8-10(7-14-15)11(16)12(9-13)3-5-17-6-4-12/h7-8H,2-6,9,13H2,1H3. The summed E-state index contributed by atoms with van der Waals surface area (Å²) in [6.45, 7) is 4.38. The molecule has 0 bridgehead atoms. The van der Waals surface area contributed by atoms with Gasteiger partial charge in [0.2, 0.25) is 0 Å². The van der Waals surface area contributed by atoms with E-state index in [1.165, 1.54) is 0 Å². The number of ether oxygens (including phenoxy) is 1. The molecule has 0 aromatic carbocycles. The van der Waals surface area contributed by atoms with E-state index in [1.807, 2.05) is 6.92 Å². The summed E-state index contributed by atoms with van der Waals surface area (Å²) in [5, 5.41) is 4.14. The Hall–Kier alpha value is -1.20. The van der Waals surface area contributed by atoms with Gasteiger partial charge in [-0.1, -0.05) is 0 Å². The van der Waals surface area contributed by atoms with Gasteiger partial charge in [-0.05, 0) is 19.8 Å². The van der Waals surface area contributed by atoms with Crippen LogP contribution in [0, 0.1) is 5.41 Å². The largest absolute Gasteiger partial charge is 0.381 e. The van der Waals surface area contributed by atoms with Gasteiger partial charge in [0, 0.05) is 32.5 Å². The van der Waals surface area contributed by atoms with Gasteiger partial charge in [-0.25, -0.2) is 0 Å². The van der Waals surface area contributed by atoms with Gasteiger partial charge in [-0.15, -0.1) is 0 Å². The first kappa shape index (κ1) is 12.3. The van der Waals surface area contributed by atoms with Crippen molar-refractivity contribution in [2.45, 2.75) is 26.3 Å². The molecule has 0 aliphatic carbocycles. The number of hydrogen-bond acceptors (Lipinski definition) is 4. The molecule has 1 aliphatic rings. The first-order valence-electron chi connectivity index (χ1n) is 6.07. The molecular formula is C12H19N3O2. The van der Waals surface area contributed by atoms with Crippen molar-refractivity contribution in [3.05, 3.63) is 18.0 Å². The summed E-state index contributed by atoms with van der Waals surface area (Å²) in [5.41, 5.74) is 6.03. The molecule has 0 saturated carbocycles. The summed E-state index contributed by atoms with van der Waals surface area (Å²) >= 11 is 0. The fourth-order valence-electron chi connectivity index (χ4n) is 2.25. The lowest BCUT2D eigenvalue weighted by atomic mass is 9.75. The number of carbonyl (C=O) groups excluding carboxylic acids is 1. The van der Waals surface area contributed by atoms with Crippen molar-refractivity contribution >= 4 is 5.78 Å². The summed E-state index contributed by atoms with van der Waals surface area (Å²) in [4.78, 5) is 12.5. The van der Waals surface area contributed by atoms with Gasteiger partial charge in [-0.3, -0.25) is 9.48 Å². The van der Waals surface area contributed by atoms with Crippen LogP contribution >= 0.6 is 0 Å². The highest BCUT2D eigenvalue weighted by atomic mass is 16.5. The molecule has 2 heterocycles. The smallest absolute Gasteiger partial charge is 0.173 e. The van der Waals surface area contributed by atoms with E-state index in [0.29, 0.717) is 38.2 Å². The fourth-order valence-corrected chi connectivity index (χ4v) is 2.25. The molecule has 0 radical (unpaired) electrons. The van der Waals surface area contributed by atoms with Crippen LogP contribution in [0.1, 0.15) is 30.1 Å². The molecule has 17 heavy (non-hydrogen) atoms. The number of aryl methyl sites for hydroxylation is 1. The van der Waals surface area contributed by atoms with Gasteiger partial charge in [0.25, 0.3) is 0 Å². The molecule has 2 rings (SSSR count). The Morgan fingerprint density at radius 3 is 2.82 bits per heavy atom. The minimum atomic E-state index is -0.445. The quantitative estimate of drug-likeness (QED) is 0.788. The third-order valence-corrected chi connectivity index (χ3v) is 3.54. The average molecular weight is 237 g/mol. The van der Waals surface area contributed by atoms with Crippen LogP contribution in [-0.4, -0.2) is 35.3 Å². The Morgan fingerprint density at radius 2 is 2.29 bits per heavy atom. The summed E-state index contributed by atoms with van der Waals surface area (Å²) in [6.07, 6.45) is 4.85. The lowest BCUT2D eigenvalue weighted by Crippen LogP contribution is -2.43. The minimum absolute atomic E-state index is 0.114. The second-order valence-electron chi connectivity index (χ2n) is 4.51. The van der Waals surface area contributed by atoms with Gasteiger partial charge in [0.1, 0.15) is 0 Å². The summed E-state index contributed by atoms with van der Waals surface area (Å²) < 4.78 is 7.07. The van der Waals surface area contributed by atoms with Crippen molar-refractivity contribution in [3.8, 4) is 0 Å². The second kappa shape index (κ2) is 4.98. The van der Waals surface area contributed by atoms with Crippen molar-refractivity contribution < 1.29 is 9.53 Å². The number of nitrogens with two attached hydrogens (primary N) is 1. The number of hydrogen-bond donors (Lipinski definition) is 1. The zero-order chi connectivity index (χ0) is 12.3. The molecule has 1 aliphatic heterocycles. The van der Waals surface area contributed by atoms with Crippen LogP contribution in [0.3, 0.4) is 0 Å². The molecule has 94 valence electrons. The molecule has 5 heteroatoms. The Morgan fingerprint density at radius 1 is 1.59 bits per heavy atom. The third kappa shape index (κ3) is 2.25. The van der Waals surface area contributed by atoms with E-state index in [2.05, 4.69) is 5.10 Å². The maximum Gasteiger partial charge on any atom is 0.173 e. The Labute approximate surface area is 101 Å². The van der Waals surface area contributed by atoms with Crippen LogP contribution in [0.5, 0.6) is 0 Å². The van der Waals surface area contributed by atoms with Crippen molar-refractivity contribution in [1.29, 1.82) is 0 Å². The molecule has 1 fully saturated rings. The monoisotopic (exact) mass is 237 g/mol. The van der Waals surface area contributed by atoms with Gasteiger partial charge >= 0.3 is 0 Å². The van der Waals surface area contributed by atoms with Gasteiger partial charge in [0.05, 0.1) is 17.2 Å². The molecule has 0 spiro atoms. The molecule has 1 aromatic heterocycles. The maximum atomic E-state index is 12.5. The summed E-state index contributed by atoms with van der Waals surface area (Å²) in [7, 11) is 0. The lowest BCUT2D eigenvalue weighted by molar-refractivity contribution is 0.0200.